The summed E-state index contributed by atoms with van der Waals surface area (Å²) in [6, 6.07) is 7.29. The van der Waals surface area contributed by atoms with Crippen molar-refractivity contribution in [2.45, 2.75) is 13.8 Å². The van der Waals surface area contributed by atoms with Crippen LogP contribution < -0.4 is 5.32 Å². The molecule has 0 aromatic heterocycles. The number of benzene rings is 1. The monoisotopic (exact) mass is 251 g/mol. The summed E-state index contributed by atoms with van der Waals surface area (Å²) in [5.74, 6) is 0.163. The molecule has 0 spiro atoms. The SMILES string of the molecule is CCOC(=O)c1ccc(NCC(C)COC)cc1. The third-order valence-electron chi connectivity index (χ3n) is 2.50. The van der Waals surface area contributed by atoms with Crippen molar-refractivity contribution in [3.8, 4) is 0 Å². The highest BCUT2D eigenvalue weighted by Crippen LogP contribution is 2.11. The van der Waals surface area contributed by atoms with Crippen LogP contribution in [0, 0.1) is 5.92 Å². The van der Waals surface area contributed by atoms with Crippen LogP contribution in [0.15, 0.2) is 24.3 Å². The van der Waals surface area contributed by atoms with Gasteiger partial charge in [0.15, 0.2) is 0 Å². The molecule has 0 amide bonds. The van der Waals surface area contributed by atoms with Gasteiger partial charge in [0, 0.05) is 19.3 Å². The molecule has 4 heteroatoms. The zero-order valence-corrected chi connectivity index (χ0v) is 11.2. The molecule has 18 heavy (non-hydrogen) atoms. The van der Waals surface area contributed by atoms with E-state index in [0.29, 0.717) is 18.1 Å². The Kier molecular flexibility index (Phi) is 6.22. The molecule has 0 radical (unpaired) electrons. The highest BCUT2D eigenvalue weighted by molar-refractivity contribution is 5.89. The summed E-state index contributed by atoms with van der Waals surface area (Å²) >= 11 is 0. The molecule has 0 aliphatic rings. The maximum atomic E-state index is 11.4. The third-order valence-corrected chi connectivity index (χ3v) is 2.50. The van der Waals surface area contributed by atoms with Crippen molar-refractivity contribution >= 4 is 11.7 Å². The molecule has 0 bridgehead atoms. The largest absolute Gasteiger partial charge is 0.462 e. The predicted molar refractivity (Wildman–Crippen MR) is 71.9 cm³/mol. The molecule has 0 aliphatic carbocycles. The fourth-order valence-electron chi connectivity index (χ4n) is 1.57. The van der Waals surface area contributed by atoms with E-state index in [1.54, 1.807) is 26.2 Å². The van der Waals surface area contributed by atoms with Crippen molar-refractivity contribution < 1.29 is 14.3 Å². The summed E-state index contributed by atoms with van der Waals surface area (Å²) in [5.41, 5.74) is 1.57. The Morgan fingerprint density at radius 1 is 1.33 bits per heavy atom. The molecule has 0 heterocycles. The van der Waals surface area contributed by atoms with Gasteiger partial charge in [0.2, 0.25) is 0 Å². The van der Waals surface area contributed by atoms with E-state index in [1.165, 1.54) is 0 Å². The van der Waals surface area contributed by atoms with Crippen molar-refractivity contribution in [3.63, 3.8) is 0 Å². The van der Waals surface area contributed by atoms with Crippen LogP contribution in [-0.2, 0) is 9.47 Å². The minimum atomic E-state index is -0.281. The zero-order chi connectivity index (χ0) is 13.4. The lowest BCUT2D eigenvalue weighted by Gasteiger charge is -2.12. The number of ether oxygens (including phenoxy) is 2. The van der Waals surface area contributed by atoms with E-state index in [0.717, 1.165) is 18.8 Å². The summed E-state index contributed by atoms with van der Waals surface area (Å²) in [6.45, 7) is 5.88. The lowest BCUT2D eigenvalue weighted by atomic mass is 10.1. The van der Waals surface area contributed by atoms with Crippen LogP contribution >= 0.6 is 0 Å². The molecule has 1 aromatic carbocycles. The fraction of sp³-hybridized carbons (Fsp3) is 0.500. The van der Waals surface area contributed by atoms with Gasteiger partial charge >= 0.3 is 5.97 Å². The van der Waals surface area contributed by atoms with Crippen molar-refractivity contribution in [1.29, 1.82) is 0 Å². The predicted octanol–water partition coefficient (Wildman–Crippen LogP) is 2.56. The standard InChI is InChI=1S/C14H21NO3/c1-4-18-14(16)12-5-7-13(8-6-12)15-9-11(2)10-17-3/h5-8,11,15H,4,9-10H2,1-3H3. The third kappa shape index (κ3) is 4.75. The minimum absolute atomic E-state index is 0.281. The second-order valence-corrected chi connectivity index (χ2v) is 4.24. The quantitative estimate of drug-likeness (QED) is 0.757. The summed E-state index contributed by atoms with van der Waals surface area (Å²) in [5, 5.41) is 3.30. The molecule has 0 fully saturated rings. The highest BCUT2D eigenvalue weighted by Gasteiger charge is 2.06. The van der Waals surface area contributed by atoms with Gasteiger partial charge in [0.1, 0.15) is 0 Å². The first kappa shape index (κ1) is 14.5. The Bertz CT molecular complexity index is 362. The van der Waals surface area contributed by atoms with Crippen molar-refractivity contribution in [3.05, 3.63) is 29.8 Å². The summed E-state index contributed by atoms with van der Waals surface area (Å²) in [7, 11) is 1.70. The Morgan fingerprint density at radius 2 is 2.00 bits per heavy atom. The van der Waals surface area contributed by atoms with Crippen molar-refractivity contribution in [1.82, 2.24) is 0 Å². The Hall–Kier alpha value is -1.55. The average Bonchev–Trinajstić information content (AvgIpc) is 2.37. The van der Waals surface area contributed by atoms with Crippen molar-refractivity contribution in [2.75, 3.05) is 32.2 Å². The number of hydrogen-bond acceptors (Lipinski definition) is 4. The first-order chi connectivity index (χ1) is 8.67. The summed E-state index contributed by atoms with van der Waals surface area (Å²) in [4.78, 5) is 11.4. The minimum Gasteiger partial charge on any atom is -0.462 e. The second-order valence-electron chi connectivity index (χ2n) is 4.24. The average molecular weight is 251 g/mol. The van der Waals surface area contributed by atoms with Gasteiger partial charge in [-0.2, -0.15) is 0 Å². The van der Waals surface area contributed by atoms with Crippen LogP contribution in [0.4, 0.5) is 5.69 Å². The molecule has 0 saturated carbocycles. The lowest BCUT2D eigenvalue weighted by Crippen LogP contribution is -2.15. The maximum Gasteiger partial charge on any atom is 0.338 e. The number of carbonyl (C=O) groups is 1. The normalized spacial score (nSPS) is 11.9. The molecule has 4 nitrogen and oxygen atoms in total. The second kappa shape index (κ2) is 7.71. The van der Waals surface area contributed by atoms with Crippen LogP contribution in [0.3, 0.4) is 0 Å². The molecule has 1 atom stereocenters. The number of anilines is 1. The maximum absolute atomic E-state index is 11.4. The first-order valence-electron chi connectivity index (χ1n) is 6.17. The van der Waals surface area contributed by atoms with Gasteiger partial charge in [-0.25, -0.2) is 4.79 Å². The van der Waals surface area contributed by atoms with Crippen LogP contribution in [0.2, 0.25) is 0 Å². The van der Waals surface area contributed by atoms with Crippen LogP contribution in [0.25, 0.3) is 0 Å². The van der Waals surface area contributed by atoms with E-state index in [-0.39, 0.29) is 5.97 Å². The number of rotatable bonds is 7. The number of nitrogens with one attached hydrogen (secondary N) is 1. The molecule has 0 saturated heterocycles. The summed E-state index contributed by atoms with van der Waals surface area (Å²) < 4.78 is 9.99. The molecule has 100 valence electrons. The van der Waals surface area contributed by atoms with Crippen LogP contribution in [0.1, 0.15) is 24.2 Å². The van der Waals surface area contributed by atoms with Crippen LogP contribution in [-0.4, -0.2) is 32.8 Å². The number of carbonyl (C=O) groups excluding carboxylic acids is 1. The summed E-state index contributed by atoms with van der Waals surface area (Å²) in [6.07, 6.45) is 0. The van der Waals surface area contributed by atoms with E-state index in [9.17, 15) is 4.79 Å². The number of hydrogen-bond donors (Lipinski definition) is 1. The van der Waals surface area contributed by atoms with Gasteiger partial charge in [-0.15, -0.1) is 0 Å². The van der Waals surface area contributed by atoms with E-state index in [2.05, 4.69) is 12.2 Å². The van der Waals surface area contributed by atoms with Gasteiger partial charge in [-0.05, 0) is 37.1 Å². The van der Waals surface area contributed by atoms with Crippen molar-refractivity contribution in [2.24, 2.45) is 5.92 Å². The Morgan fingerprint density at radius 3 is 2.56 bits per heavy atom. The highest BCUT2D eigenvalue weighted by atomic mass is 16.5. The molecule has 1 aromatic rings. The molecule has 1 rings (SSSR count). The molecule has 0 aliphatic heterocycles. The van der Waals surface area contributed by atoms with Gasteiger partial charge in [-0.3, -0.25) is 0 Å². The van der Waals surface area contributed by atoms with Gasteiger partial charge < -0.3 is 14.8 Å². The molecular weight excluding hydrogens is 230 g/mol. The van der Waals surface area contributed by atoms with Gasteiger partial charge in [0.25, 0.3) is 0 Å². The first-order valence-corrected chi connectivity index (χ1v) is 6.17. The molecule has 1 N–H and O–H groups in total. The van der Waals surface area contributed by atoms with Gasteiger partial charge in [0.05, 0.1) is 18.8 Å². The topological polar surface area (TPSA) is 47.6 Å². The Labute approximate surface area is 108 Å². The fourth-order valence-corrected chi connectivity index (χ4v) is 1.57. The van der Waals surface area contributed by atoms with E-state index >= 15 is 0 Å². The van der Waals surface area contributed by atoms with Gasteiger partial charge in [-0.1, -0.05) is 6.92 Å². The number of methoxy groups -OCH3 is 1. The molecule has 1 unspecified atom stereocenters. The zero-order valence-electron chi connectivity index (χ0n) is 11.2. The van der Waals surface area contributed by atoms with Crippen LogP contribution in [0.5, 0.6) is 0 Å². The molecular formula is C14H21NO3. The Balaban J connectivity index is 2.47. The lowest BCUT2D eigenvalue weighted by molar-refractivity contribution is 0.0526. The van der Waals surface area contributed by atoms with E-state index in [4.69, 9.17) is 9.47 Å². The van der Waals surface area contributed by atoms with E-state index in [1.807, 2.05) is 12.1 Å². The smallest absolute Gasteiger partial charge is 0.338 e. The van der Waals surface area contributed by atoms with E-state index < -0.39 is 0 Å². The number of esters is 1.